The van der Waals surface area contributed by atoms with Crippen LogP contribution in [0.2, 0.25) is 0 Å². The Hall–Kier alpha value is -0.900. The Morgan fingerprint density at radius 1 is 0.667 bits per heavy atom. The van der Waals surface area contributed by atoms with Crippen LogP contribution >= 0.6 is 0 Å². The van der Waals surface area contributed by atoms with E-state index in [0.717, 1.165) is 30.7 Å². The SMILES string of the molecule is CN(CC[N+](CCN(C)C(C)(C)C)(c1ccccc1)C(C)(C)C)C(C)(C)C. The van der Waals surface area contributed by atoms with Gasteiger partial charge in [0, 0.05) is 24.2 Å². The van der Waals surface area contributed by atoms with E-state index in [1.165, 1.54) is 5.69 Å². The molecule has 0 unspecified atom stereocenters. The van der Waals surface area contributed by atoms with Gasteiger partial charge in [0.25, 0.3) is 0 Å². The van der Waals surface area contributed by atoms with Crippen LogP contribution in [0, 0.1) is 0 Å². The fourth-order valence-electron chi connectivity index (χ4n) is 3.45. The Bertz CT molecular complexity index is 534. The normalized spacial score (nSPS) is 14.3. The molecule has 0 radical (unpaired) electrons. The Morgan fingerprint density at radius 3 is 1.33 bits per heavy atom. The minimum absolute atomic E-state index is 0.124. The average molecular weight is 377 g/mol. The summed E-state index contributed by atoms with van der Waals surface area (Å²) in [4.78, 5) is 4.98. The number of likely N-dealkylation sites (N-methyl/N-ethyl adjacent to an activating group) is 2. The topological polar surface area (TPSA) is 6.48 Å². The van der Waals surface area contributed by atoms with Crippen LogP contribution in [0.1, 0.15) is 62.3 Å². The van der Waals surface area contributed by atoms with Crippen molar-refractivity contribution in [3.8, 4) is 0 Å². The van der Waals surface area contributed by atoms with Crippen molar-refractivity contribution in [2.75, 3.05) is 40.3 Å². The molecule has 0 bridgehead atoms. The van der Waals surface area contributed by atoms with Gasteiger partial charge in [0.05, 0.1) is 18.6 Å². The second-order valence-electron chi connectivity index (χ2n) is 11.1. The molecule has 0 spiro atoms. The summed E-state index contributed by atoms with van der Waals surface area (Å²) in [6.07, 6.45) is 0. The third-order valence-electron chi connectivity index (χ3n) is 6.46. The summed E-state index contributed by atoms with van der Waals surface area (Å²) in [5.41, 5.74) is 1.92. The first kappa shape index (κ1) is 24.1. The zero-order valence-electron chi connectivity index (χ0n) is 20.1. The third kappa shape index (κ3) is 6.30. The zero-order valence-corrected chi connectivity index (χ0v) is 20.1. The van der Waals surface area contributed by atoms with E-state index in [9.17, 15) is 0 Å². The molecule has 27 heavy (non-hydrogen) atoms. The molecule has 0 aliphatic carbocycles. The van der Waals surface area contributed by atoms with Gasteiger partial charge in [-0.25, -0.2) is 0 Å². The van der Waals surface area contributed by atoms with E-state index in [1.54, 1.807) is 0 Å². The second kappa shape index (κ2) is 8.63. The van der Waals surface area contributed by atoms with Crippen LogP contribution in [0.5, 0.6) is 0 Å². The van der Waals surface area contributed by atoms with Crippen molar-refractivity contribution in [1.82, 2.24) is 14.3 Å². The van der Waals surface area contributed by atoms with Gasteiger partial charge in [-0.15, -0.1) is 0 Å². The van der Waals surface area contributed by atoms with Crippen LogP contribution in [0.15, 0.2) is 30.3 Å². The van der Waals surface area contributed by atoms with E-state index in [4.69, 9.17) is 0 Å². The van der Waals surface area contributed by atoms with E-state index in [2.05, 4.69) is 117 Å². The summed E-state index contributed by atoms with van der Waals surface area (Å²) in [5.74, 6) is 0. The Morgan fingerprint density at radius 2 is 1.04 bits per heavy atom. The Kier molecular flexibility index (Phi) is 7.72. The second-order valence-corrected chi connectivity index (χ2v) is 11.1. The molecule has 0 aliphatic heterocycles. The van der Waals surface area contributed by atoms with Crippen molar-refractivity contribution >= 4 is 5.69 Å². The molecule has 1 aromatic carbocycles. The van der Waals surface area contributed by atoms with Crippen molar-refractivity contribution in [2.45, 2.75) is 78.9 Å². The van der Waals surface area contributed by atoms with Gasteiger partial charge in [-0.05, 0) is 88.5 Å². The number of hydrogen-bond acceptors (Lipinski definition) is 2. The van der Waals surface area contributed by atoms with E-state index < -0.39 is 0 Å². The maximum atomic E-state index is 2.49. The van der Waals surface area contributed by atoms with E-state index in [-0.39, 0.29) is 16.6 Å². The first-order chi connectivity index (χ1) is 12.1. The number of rotatable bonds is 7. The molecule has 3 heteroatoms. The highest BCUT2D eigenvalue weighted by Gasteiger charge is 2.43. The standard InChI is InChI=1S/C24H46N3/c1-22(2,3)25(10)17-19-27(24(7,8)9,21-15-13-12-14-16-21)20-18-26(11)23(4,5)6/h12-16H,17-20H2,1-11H3/q+1. The van der Waals surface area contributed by atoms with Crippen molar-refractivity contribution in [2.24, 2.45) is 0 Å². The molecule has 0 aliphatic rings. The van der Waals surface area contributed by atoms with Gasteiger partial charge < -0.3 is 0 Å². The molecule has 0 saturated carbocycles. The molecule has 0 fully saturated rings. The molecule has 0 saturated heterocycles. The lowest BCUT2D eigenvalue weighted by molar-refractivity contribution is 0.0759. The van der Waals surface area contributed by atoms with Crippen LogP contribution in [-0.2, 0) is 0 Å². The highest BCUT2D eigenvalue weighted by molar-refractivity contribution is 5.44. The highest BCUT2D eigenvalue weighted by Crippen LogP contribution is 2.33. The predicted octanol–water partition coefficient (Wildman–Crippen LogP) is 5.25. The van der Waals surface area contributed by atoms with Gasteiger partial charge in [0.15, 0.2) is 0 Å². The van der Waals surface area contributed by atoms with E-state index in [1.807, 2.05) is 0 Å². The molecular weight excluding hydrogens is 330 g/mol. The molecule has 3 nitrogen and oxygen atoms in total. The lowest BCUT2D eigenvalue weighted by Crippen LogP contribution is -2.66. The van der Waals surface area contributed by atoms with Gasteiger partial charge in [-0.2, -0.15) is 0 Å². The van der Waals surface area contributed by atoms with Crippen molar-refractivity contribution in [3.63, 3.8) is 0 Å². The zero-order chi connectivity index (χ0) is 21.1. The molecule has 1 aromatic rings. The van der Waals surface area contributed by atoms with Crippen LogP contribution in [-0.4, -0.2) is 66.7 Å². The van der Waals surface area contributed by atoms with Crippen LogP contribution < -0.4 is 4.48 Å². The maximum absolute atomic E-state index is 2.49. The van der Waals surface area contributed by atoms with Crippen LogP contribution in [0.3, 0.4) is 0 Å². The third-order valence-corrected chi connectivity index (χ3v) is 6.46. The van der Waals surface area contributed by atoms with Crippen molar-refractivity contribution in [3.05, 3.63) is 30.3 Å². The molecule has 0 atom stereocenters. The average Bonchev–Trinajstić information content (AvgIpc) is 2.52. The fraction of sp³-hybridized carbons (Fsp3) is 0.750. The van der Waals surface area contributed by atoms with E-state index >= 15 is 0 Å². The Labute approximate surface area is 169 Å². The van der Waals surface area contributed by atoms with E-state index in [0.29, 0.717) is 0 Å². The van der Waals surface area contributed by atoms with Crippen molar-refractivity contribution < 1.29 is 0 Å². The molecule has 0 aromatic heterocycles. The fourth-order valence-corrected chi connectivity index (χ4v) is 3.45. The minimum Gasteiger partial charge on any atom is -0.296 e. The van der Waals surface area contributed by atoms with Gasteiger partial charge in [0.1, 0.15) is 5.69 Å². The number of quaternary nitrogens is 1. The largest absolute Gasteiger partial charge is 0.296 e. The summed E-state index contributed by atoms with van der Waals surface area (Å²) in [5, 5.41) is 0. The summed E-state index contributed by atoms with van der Waals surface area (Å²) >= 11 is 0. The molecule has 156 valence electrons. The Balaban J connectivity index is 3.26. The lowest BCUT2D eigenvalue weighted by atomic mass is 9.97. The molecule has 0 amide bonds. The van der Waals surface area contributed by atoms with Crippen LogP contribution in [0.4, 0.5) is 5.69 Å². The number of para-hydroxylation sites is 1. The predicted molar refractivity (Wildman–Crippen MR) is 122 cm³/mol. The number of hydrogen-bond donors (Lipinski definition) is 0. The summed E-state index contributed by atoms with van der Waals surface area (Å²) in [7, 11) is 4.51. The monoisotopic (exact) mass is 376 g/mol. The number of benzene rings is 1. The van der Waals surface area contributed by atoms with Gasteiger partial charge in [0.2, 0.25) is 0 Å². The maximum Gasteiger partial charge on any atom is 0.133 e. The molecule has 1 rings (SSSR count). The van der Waals surface area contributed by atoms with Crippen LogP contribution in [0.25, 0.3) is 0 Å². The van der Waals surface area contributed by atoms with Gasteiger partial charge in [-0.3, -0.25) is 14.3 Å². The highest BCUT2D eigenvalue weighted by atomic mass is 15.4. The minimum atomic E-state index is 0.124. The quantitative estimate of drug-likeness (QED) is 0.599. The lowest BCUT2D eigenvalue weighted by Gasteiger charge is -2.50. The smallest absolute Gasteiger partial charge is 0.133 e. The number of nitrogens with zero attached hydrogens (tertiary/aromatic N) is 3. The first-order valence-corrected chi connectivity index (χ1v) is 10.5. The van der Waals surface area contributed by atoms with Gasteiger partial charge in [-0.1, -0.05) is 18.2 Å². The molecule has 0 N–H and O–H groups in total. The summed E-state index contributed by atoms with van der Waals surface area (Å²) < 4.78 is 0.995. The first-order valence-electron chi connectivity index (χ1n) is 10.5. The summed E-state index contributed by atoms with van der Waals surface area (Å²) in [6, 6.07) is 11.1. The summed E-state index contributed by atoms with van der Waals surface area (Å²) in [6.45, 7) is 25.4. The van der Waals surface area contributed by atoms with Crippen molar-refractivity contribution in [1.29, 1.82) is 0 Å². The molecular formula is C24H46N3+. The van der Waals surface area contributed by atoms with Gasteiger partial charge >= 0.3 is 0 Å². The molecule has 0 heterocycles.